The zero-order valence-corrected chi connectivity index (χ0v) is 15.7. The number of hydrogen-bond acceptors (Lipinski definition) is 3. The minimum absolute atomic E-state index is 0. The molecule has 0 saturated carbocycles. The number of methoxy groups -OCH3 is 2. The highest BCUT2D eigenvalue weighted by Gasteiger charge is 2.16. The van der Waals surface area contributed by atoms with Crippen LogP contribution >= 0.6 is 12.4 Å². The van der Waals surface area contributed by atoms with Crippen LogP contribution in [0.1, 0.15) is 25.6 Å². The molecule has 3 rings (SSSR count). The first kappa shape index (κ1) is 18.9. The lowest BCUT2D eigenvalue weighted by atomic mass is 10.0. The summed E-state index contributed by atoms with van der Waals surface area (Å²) in [5.41, 5.74) is 4.11. The van der Waals surface area contributed by atoms with Crippen LogP contribution in [-0.2, 0) is 0 Å². The Morgan fingerprint density at radius 1 is 0.800 bits per heavy atom. The van der Waals surface area contributed by atoms with Gasteiger partial charge in [-0.1, -0.05) is 13.8 Å². The van der Waals surface area contributed by atoms with Crippen LogP contribution < -0.4 is 9.47 Å². The number of ether oxygens (including phenoxy) is 2. The monoisotopic (exact) mass is 358 g/mol. The molecule has 0 fully saturated rings. The van der Waals surface area contributed by atoms with Gasteiger partial charge in [-0.2, -0.15) is 0 Å². The normalized spacial score (nSPS) is 10.4. The summed E-state index contributed by atoms with van der Waals surface area (Å²) in [7, 11) is 3.34. The number of rotatable bonds is 5. The predicted molar refractivity (Wildman–Crippen MR) is 104 cm³/mol. The molecule has 1 heterocycles. The van der Waals surface area contributed by atoms with Crippen molar-refractivity contribution in [1.82, 2.24) is 9.97 Å². The molecule has 25 heavy (non-hydrogen) atoms. The Hall–Kier alpha value is -2.46. The highest BCUT2D eigenvalue weighted by atomic mass is 35.5. The average Bonchev–Trinajstić information content (AvgIpc) is 3.07. The second-order valence-electron chi connectivity index (χ2n) is 5.96. The maximum Gasteiger partial charge on any atom is 0.118 e. The zero-order valence-electron chi connectivity index (χ0n) is 14.9. The smallest absolute Gasteiger partial charge is 0.118 e. The lowest BCUT2D eigenvalue weighted by molar-refractivity contribution is 0.414. The van der Waals surface area contributed by atoms with Gasteiger partial charge >= 0.3 is 0 Å². The second-order valence-corrected chi connectivity index (χ2v) is 5.96. The standard InChI is InChI=1S/C20H22N2O2.ClH/c1-13(2)20-21-18(14-5-9-16(23-3)10-6-14)19(22-20)15-7-11-17(24-4)12-8-15;/h5-13H,1-4H3,(H,21,22);1H. The van der Waals surface area contributed by atoms with Crippen molar-refractivity contribution in [2.24, 2.45) is 0 Å². The van der Waals surface area contributed by atoms with Gasteiger partial charge < -0.3 is 14.5 Å². The van der Waals surface area contributed by atoms with Crippen molar-refractivity contribution in [2.45, 2.75) is 19.8 Å². The number of aromatic nitrogens is 2. The van der Waals surface area contributed by atoms with E-state index in [4.69, 9.17) is 14.5 Å². The number of nitrogens with zero attached hydrogens (tertiary/aromatic N) is 1. The number of hydrogen-bond donors (Lipinski definition) is 1. The molecule has 0 radical (unpaired) electrons. The Kier molecular flexibility index (Phi) is 6.10. The molecular formula is C20H23ClN2O2. The van der Waals surface area contributed by atoms with Gasteiger partial charge in [-0.3, -0.25) is 0 Å². The molecule has 1 aromatic heterocycles. The first-order valence-corrected chi connectivity index (χ1v) is 8.01. The third-order valence-corrected chi connectivity index (χ3v) is 4.01. The Morgan fingerprint density at radius 3 is 1.72 bits per heavy atom. The van der Waals surface area contributed by atoms with Crippen molar-refractivity contribution in [2.75, 3.05) is 14.2 Å². The van der Waals surface area contributed by atoms with Crippen LogP contribution in [0, 0.1) is 0 Å². The highest BCUT2D eigenvalue weighted by Crippen LogP contribution is 2.33. The maximum absolute atomic E-state index is 5.25. The number of halogens is 1. The van der Waals surface area contributed by atoms with E-state index in [1.807, 2.05) is 48.5 Å². The zero-order chi connectivity index (χ0) is 17.1. The molecule has 0 aliphatic carbocycles. The van der Waals surface area contributed by atoms with Crippen LogP contribution in [0.15, 0.2) is 48.5 Å². The van der Waals surface area contributed by atoms with E-state index < -0.39 is 0 Å². The third-order valence-electron chi connectivity index (χ3n) is 4.01. The molecule has 0 amide bonds. The number of imidazole rings is 1. The third kappa shape index (κ3) is 3.97. The van der Waals surface area contributed by atoms with Crippen molar-refractivity contribution in [3.8, 4) is 34.0 Å². The van der Waals surface area contributed by atoms with E-state index in [0.29, 0.717) is 5.92 Å². The Labute approximate surface area is 154 Å². The molecule has 0 atom stereocenters. The van der Waals surface area contributed by atoms with E-state index in [9.17, 15) is 0 Å². The van der Waals surface area contributed by atoms with Crippen molar-refractivity contribution in [3.63, 3.8) is 0 Å². The Morgan fingerprint density at radius 2 is 1.28 bits per heavy atom. The lowest BCUT2D eigenvalue weighted by Crippen LogP contribution is -1.89. The molecule has 0 bridgehead atoms. The van der Waals surface area contributed by atoms with Gasteiger partial charge in [0.1, 0.15) is 17.3 Å². The fourth-order valence-corrected chi connectivity index (χ4v) is 2.59. The van der Waals surface area contributed by atoms with Gasteiger partial charge in [0.25, 0.3) is 0 Å². The summed E-state index contributed by atoms with van der Waals surface area (Å²) >= 11 is 0. The topological polar surface area (TPSA) is 47.1 Å². The van der Waals surface area contributed by atoms with Gasteiger partial charge in [-0.05, 0) is 48.5 Å². The van der Waals surface area contributed by atoms with Crippen LogP contribution in [0.3, 0.4) is 0 Å². The van der Waals surface area contributed by atoms with Gasteiger partial charge in [0.2, 0.25) is 0 Å². The minimum Gasteiger partial charge on any atom is -0.497 e. The molecule has 1 N–H and O–H groups in total. The molecule has 0 aliphatic rings. The van der Waals surface area contributed by atoms with Crippen molar-refractivity contribution >= 4 is 12.4 Å². The Balaban J connectivity index is 0.00000225. The van der Waals surface area contributed by atoms with Gasteiger partial charge in [0, 0.05) is 17.0 Å². The Bertz CT molecular complexity index is 744. The van der Waals surface area contributed by atoms with Gasteiger partial charge in [0.05, 0.1) is 25.6 Å². The highest BCUT2D eigenvalue weighted by molar-refractivity contribution is 5.85. The molecule has 5 heteroatoms. The van der Waals surface area contributed by atoms with E-state index in [1.165, 1.54) is 0 Å². The number of benzene rings is 2. The average molecular weight is 359 g/mol. The number of H-pyrrole nitrogens is 1. The number of nitrogens with one attached hydrogen (secondary N) is 1. The van der Waals surface area contributed by atoms with Crippen LogP contribution in [0.2, 0.25) is 0 Å². The van der Waals surface area contributed by atoms with Gasteiger partial charge in [0.15, 0.2) is 0 Å². The van der Waals surface area contributed by atoms with Crippen LogP contribution in [0.25, 0.3) is 22.5 Å². The fraction of sp³-hybridized carbons (Fsp3) is 0.250. The lowest BCUT2D eigenvalue weighted by Gasteiger charge is -2.06. The summed E-state index contributed by atoms with van der Waals surface area (Å²) in [5.74, 6) is 2.98. The molecule has 2 aromatic carbocycles. The first-order chi connectivity index (χ1) is 11.6. The van der Waals surface area contributed by atoms with Crippen LogP contribution in [0.4, 0.5) is 0 Å². The van der Waals surface area contributed by atoms with E-state index in [-0.39, 0.29) is 12.4 Å². The number of aromatic amines is 1. The summed E-state index contributed by atoms with van der Waals surface area (Å²) in [6.07, 6.45) is 0. The quantitative estimate of drug-likeness (QED) is 0.672. The van der Waals surface area contributed by atoms with Crippen molar-refractivity contribution in [1.29, 1.82) is 0 Å². The predicted octanol–water partition coefficient (Wildman–Crippen LogP) is 5.31. The summed E-state index contributed by atoms with van der Waals surface area (Å²) < 4.78 is 10.5. The van der Waals surface area contributed by atoms with Crippen molar-refractivity contribution in [3.05, 3.63) is 54.4 Å². The molecule has 0 unspecified atom stereocenters. The largest absolute Gasteiger partial charge is 0.497 e. The van der Waals surface area contributed by atoms with Gasteiger partial charge in [-0.25, -0.2) is 4.98 Å². The van der Waals surface area contributed by atoms with Crippen molar-refractivity contribution < 1.29 is 9.47 Å². The first-order valence-electron chi connectivity index (χ1n) is 8.01. The SMILES string of the molecule is COc1ccc(-c2nc(C(C)C)[nH]c2-c2ccc(OC)cc2)cc1.Cl. The van der Waals surface area contributed by atoms with Gasteiger partial charge in [-0.15, -0.1) is 12.4 Å². The van der Waals surface area contributed by atoms with E-state index in [2.05, 4.69) is 18.8 Å². The summed E-state index contributed by atoms with van der Waals surface area (Å²) in [6.45, 7) is 4.27. The molecule has 4 nitrogen and oxygen atoms in total. The summed E-state index contributed by atoms with van der Waals surface area (Å²) in [6, 6.07) is 16.0. The molecular weight excluding hydrogens is 336 g/mol. The minimum atomic E-state index is 0. The van der Waals surface area contributed by atoms with Crippen LogP contribution in [-0.4, -0.2) is 24.2 Å². The molecule has 0 aliphatic heterocycles. The molecule has 132 valence electrons. The maximum atomic E-state index is 5.25. The summed E-state index contributed by atoms with van der Waals surface area (Å²) in [4.78, 5) is 8.31. The van der Waals surface area contributed by atoms with E-state index >= 15 is 0 Å². The molecule has 0 spiro atoms. The van der Waals surface area contributed by atoms with Crippen LogP contribution in [0.5, 0.6) is 11.5 Å². The fourth-order valence-electron chi connectivity index (χ4n) is 2.59. The van der Waals surface area contributed by atoms with E-state index in [0.717, 1.165) is 39.8 Å². The second kappa shape index (κ2) is 8.08. The summed E-state index contributed by atoms with van der Waals surface area (Å²) in [5, 5.41) is 0. The van der Waals surface area contributed by atoms with E-state index in [1.54, 1.807) is 14.2 Å². The molecule has 0 saturated heterocycles. The molecule has 3 aromatic rings.